The fourth-order valence-electron chi connectivity index (χ4n) is 3.27. The zero-order valence-corrected chi connectivity index (χ0v) is 14.2. The normalized spacial score (nSPS) is 17.6. The summed E-state index contributed by atoms with van der Waals surface area (Å²) in [6, 6.07) is 11.4. The number of rotatable bonds is 6. The van der Waals surface area contributed by atoms with Gasteiger partial charge in [-0.2, -0.15) is 0 Å². The number of nitrogens with zero attached hydrogens (tertiary/aromatic N) is 1. The van der Waals surface area contributed by atoms with Crippen LogP contribution in [0.1, 0.15) is 40.3 Å². The molecule has 1 saturated heterocycles. The Morgan fingerprint density at radius 2 is 2.08 bits per heavy atom. The minimum absolute atomic E-state index is 0.0423. The molecule has 1 aliphatic rings. The number of carbonyl (C=O) groups excluding carboxylic acids is 1. The Kier molecular flexibility index (Phi) is 5.19. The summed E-state index contributed by atoms with van der Waals surface area (Å²) in [5.41, 5.74) is 1.32. The summed E-state index contributed by atoms with van der Waals surface area (Å²) in [6.07, 6.45) is 1.82. The van der Waals surface area contributed by atoms with Crippen LogP contribution in [0.5, 0.6) is 0 Å². The third-order valence-corrected chi connectivity index (χ3v) is 4.53. The van der Waals surface area contributed by atoms with Crippen molar-refractivity contribution in [1.82, 2.24) is 10.2 Å². The van der Waals surface area contributed by atoms with Crippen LogP contribution in [0.25, 0.3) is 0 Å². The number of nitrogens with one attached hydrogen (secondary N) is 1. The fourth-order valence-corrected chi connectivity index (χ4v) is 3.27. The Hall–Kier alpha value is -2.60. The van der Waals surface area contributed by atoms with Gasteiger partial charge in [-0.15, -0.1) is 0 Å². The number of furan rings is 1. The van der Waals surface area contributed by atoms with Crippen LogP contribution in [0, 0.1) is 6.92 Å². The minimum atomic E-state index is -1.02. The summed E-state index contributed by atoms with van der Waals surface area (Å²) >= 11 is 0. The third kappa shape index (κ3) is 4.09. The molecule has 1 amide bonds. The van der Waals surface area contributed by atoms with E-state index in [-0.39, 0.29) is 24.1 Å². The zero-order chi connectivity index (χ0) is 17.8. The quantitative estimate of drug-likeness (QED) is 0.843. The highest BCUT2D eigenvalue weighted by atomic mass is 16.4. The molecule has 1 fully saturated rings. The van der Waals surface area contributed by atoms with Crippen LogP contribution in [0.3, 0.4) is 0 Å². The first-order chi connectivity index (χ1) is 12.0. The predicted molar refractivity (Wildman–Crippen MR) is 92.1 cm³/mol. The second kappa shape index (κ2) is 7.53. The predicted octanol–water partition coefficient (Wildman–Crippen LogP) is 2.57. The lowest BCUT2D eigenvalue weighted by Crippen LogP contribution is -2.42. The molecule has 0 aliphatic carbocycles. The standard InChI is InChI=1S/C19H22N2O4/c1-13-16(19(23)24)10-15(25-13)11-20-18(22)17-8-5-9-21(17)12-14-6-3-2-4-7-14/h2-4,6-7,10,17H,5,8-9,11-12H2,1H3,(H,20,22)(H,23,24)/t17-/m0/s1. The van der Waals surface area contributed by atoms with E-state index in [0.29, 0.717) is 11.5 Å². The highest BCUT2D eigenvalue weighted by Gasteiger charge is 2.30. The number of aryl methyl sites for hydroxylation is 1. The molecule has 2 heterocycles. The number of carbonyl (C=O) groups is 2. The number of aromatic carboxylic acids is 1. The second-order valence-electron chi connectivity index (χ2n) is 6.32. The van der Waals surface area contributed by atoms with Gasteiger partial charge in [0.15, 0.2) is 0 Å². The summed E-state index contributed by atoms with van der Waals surface area (Å²) in [4.78, 5) is 25.8. The molecule has 1 atom stereocenters. The molecule has 0 unspecified atom stereocenters. The van der Waals surface area contributed by atoms with Gasteiger partial charge in [-0.05, 0) is 37.9 Å². The average Bonchev–Trinajstić information content (AvgIpc) is 3.20. The Bertz CT molecular complexity index is 754. The first kappa shape index (κ1) is 17.2. The smallest absolute Gasteiger partial charge is 0.339 e. The van der Waals surface area contributed by atoms with Gasteiger partial charge in [0.2, 0.25) is 5.91 Å². The number of likely N-dealkylation sites (tertiary alicyclic amines) is 1. The van der Waals surface area contributed by atoms with Crippen molar-refractivity contribution in [1.29, 1.82) is 0 Å². The first-order valence-corrected chi connectivity index (χ1v) is 8.43. The van der Waals surface area contributed by atoms with Crippen molar-refractivity contribution in [3.8, 4) is 0 Å². The molecule has 1 aromatic heterocycles. The van der Waals surface area contributed by atoms with Gasteiger partial charge in [-0.3, -0.25) is 9.69 Å². The summed E-state index contributed by atoms with van der Waals surface area (Å²) in [7, 11) is 0. The Morgan fingerprint density at radius 3 is 2.76 bits per heavy atom. The van der Waals surface area contributed by atoms with Crippen LogP contribution in [0.15, 0.2) is 40.8 Å². The molecular weight excluding hydrogens is 320 g/mol. The van der Waals surface area contributed by atoms with E-state index in [2.05, 4.69) is 22.3 Å². The largest absolute Gasteiger partial charge is 0.478 e. The Labute approximate surface area is 146 Å². The van der Waals surface area contributed by atoms with Gasteiger partial charge in [0.1, 0.15) is 17.1 Å². The van der Waals surface area contributed by atoms with E-state index in [4.69, 9.17) is 9.52 Å². The van der Waals surface area contributed by atoms with Gasteiger partial charge in [0.25, 0.3) is 0 Å². The highest BCUT2D eigenvalue weighted by molar-refractivity contribution is 5.88. The third-order valence-electron chi connectivity index (χ3n) is 4.53. The monoisotopic (exact) mass is 342 g/mol. The van der Waals surface area contributed by atoms with Crippen molar-refractivity contribution in [3.05, 3.63) is 59.0 Å². The maximum absolute atomic E-state index is 12.5. The van der Waals surface area contributed by atoms with Crippen molar-refractivity contribution < 1.29 is 19.1 Å². The van der Waals surface area contributed by atoms with Crippen LogP contribution in [-0.2, 0) is 17.9 Å². The van der Waals surface area contributed by atoms with Gasteiger partial charge in [-0.25, -0.2) is 4.79 Å². The maximum atomic E-state index is 12.5. The second-order valence-corrected chi connectivity index (χ2v) is 6.32. The molecule has 2 aromatic rings. The molecule has 1 aliphatic heterocycles. The van der Waals surface area contributed by atoms with E-state index in [1.807, 2.05) is 18.2 Å². The summed E-state index contributed by atoms with van der Waals surface area (Å²) in [5, 5.41) is 11.9. The highest BCUT2D eigenvalue weighted by Crippen LogP contribution is 2.21. The Morgan fingerprint density at radius 1 is 1.32 bits per heavy atom. The van der Waals surface area contributed by atoms with E-state index in [9.17, 15) is 9.59 Å². The van der Waals surface area contributed by atoms with Gasteiger partial charge in [0.05, 0.1) is 12.6 Å². The van der Waals surface area contributed by atoms with E-state index in [0.717, 1.165) is 25.9 Å². The van der Waals surface area contributed by atoms with Crippen molar-refractivity contribution in [3.63, 3.8) is 0 Å². The number of amides is 1. The fraction of sp³-hybridized carbons (Fsp3) is 0.368. The number of hydrogen-bond acceptors (Lipinski definition) is 4. The number of carboxylic acids is 1. The molecule has 6 heteroatoms. The van der Waals surface area contributed by atoms with Crippen LogP contribution in [-0.4, -0.2) is 34.5 Å². The molecule has 1 aromatic carbocycles. The molecule has 25 heavy (non-hydrogen) atoms. The molecule has 0 bridgehead atoms. The van der Waals surface area contributed by atoms with Gasteiger partial charge >= 0.3 is 5.97 Å². The van der Waals surface area contributed by atoms with Crippen molar-refractivity contribution in [2.45, 2.75) is 38.9 Å². The summed E-state index contributed by atoms with van der Waals surface area (Å²) in [6.45, 7) is 3.45. The lowest BCUT2D eigenvalue weighted by Gasteiger charge is -2.23. The average molecular weight is 342 g/mol. The summed E-state index contributed by atoms with van der Waals surface area (Å²) < 4.78 is 5.40. The van der Waals surface area contributed by atoms with Crippen LogP contribution in [0.2, 0.25) is 0 Å². The first-order valence-electron chi connectivity index (χ1n) is 8.43. The molecular formula is C19H22N2O4. The van der Waals surface area contributed by atoms with E-state index >= 15 is 0 Å². The van der Waals surface area contributed by atoms with E-state index < -0.39 is 5.97 Å². The van der Waals surface area contributed by atoms with Crippen LogP contribution >= 0.6 is 0 Å². The SMILES string of the molecule is Cc1oc(CNC(=O)[C@@H]2CCCN2Cc2ccccc2)cc1C(=O)O. The van der Waals surface area contributed by atoms with E-state index in [1.165, 1.54) is 11.6 Å². The molecule has 2 N–H and O–H groups in total. The number of benzene rings is 1. The van der Waals surface area contributed by atoms with Gasteiger partial charge in [-0.1, -0.05) is 30.3 Å². The zero-order valence-electron chi connectivity index (χ0n) is 14.2. The van der Waals surface area contributed by atoms with Gasteiger partial charge < -0.3 is 14.8 Å². The lowest BCUT2D eigenvalue weighted by atomic mass is 10.1. The van der Waals surface area contributed by atoms with Crippen molar-refractivity contribution in [2.75, 3.05) is 6.54 Å². The topological polar surface area (TPSA) is 82.8 Å². The molecule has 0 radical (unpaired) electrons. The molecule has 0 saturated carbocycles. The van der Waals surface area contributed by atoms with Crippen molar-refractivity contribution >= 4 is 11.9 Å². The molecule has 3 rings (SSSR count). The van der Waals surface area contributed by atoms with Gasteiger partial charge in [0, 0.05) is 6.54 Å². The minimum Gasteiger partial charge on any atom is -0.478 e. The molecule has 6 nitrogen and oxygen atoms in total. The number of carboxylic acid groups (broad SMARTS) is 1. The summed E-state index contributed by atoms with van der Waals surface area (Å²) in [5.74, 6) is -0.262. The van der Waals surface area contributed by atoms with E-state index in [1.54, 1.807) is 6.92 Å². The van der Waals surface area contributed by atoms with Crippen LogP contribution in [0.4, 0.5) is 0 Å². The van der Waals surface area contributed by atoms with Crippen molar-refractivity contribution in [2.24, 2.45) is 0 Å². The Balaban J connectivity index is 1.58. The maximum Gasteiger partial charge on any atom is 0.339 e. The lowest BCUT2D eigenvalue weighted by molar-refractivity contribution is -0.125. The molecule has 132 valence electrons. The number of hydrogen-bond donors (Lipinski definition) is 2. The molecule has 0 spiro atoms. The van der Waals surface area contributed by atoms with Crippen LogP contribution < -0.4 is 5.32 Å².